The Kier molecular flexibility index (Phi) is 6.29. The summed E-state index contributed by atoms with van der Waals surface area (Å²) in [6, 6.07) is 7.63. The Balaban J connectivity index is 1.61. The van der Waals surface area contributed by atoms with Crippen LogP contribution >= 0.6 is 11.6 Å². The van der Waals surface area contributed by atoms with Crippen LogP contribution in [0.25, 0.3) is 5.69 Å². The maximum absolute atomic E-state index is 12.5. The molecule has 2 heterocycles. The van der Waals surface area contributed by atoms with Gasteiger partial charge in [-0.25, -0.2) is 4.68 Å². The minimum Gasteiger partial charge on any atom is -0.379 e. The van der Waals surface area contributed by atoms with E-state index < -0.39 is 0 Å². The Morgan fingerprint density at radius 2 is 1.96 bits per heavy atom. The first kappa shape index (κ1) is 18.9. The van der Waals surface area contributed by atoms with Gasteiger partial charge >= 0.3 is 0 Å². The number of nitrogens with zero attached hydrogens (tertiary/aromatic N) is 3. The summed E-state index contributed by atoms with van der Waals surface area (Å²) >= 11 is 5.91. The third kappa shape index (κ3) is 4.63. The van der Waals surface area contributed by atoms with Crippen molar-refractivity contribution in [3.63, 3.8) is 0 Å². The molecule has 0 aliphatic carbocycles. The fourth-order valence-corrected chi connectivity index (χ4v) is 3.30. The second-order valence-corrected chi connectivity index (χ2v) is 7.26. The molecule has 1 atom stereocenters. The summed E-state index contributed by atoms with van der Waals surface area (Å²) in [5.41, 5.74) is 1.41. The molecule has 1 fully saturated rings. The SMILES string of the molecule is CC(C)C(CNC(=O)c1cnn(-c2ccc(Cl)cc2)c1)N1CCOCC1. The van der Waals surface area contributed by atoms with E-state index >= 15 is 0 Å². The summed E-state index contributed by atoms with van der Waals surface area (Å²) < 4.78 is 7.10. The summed E-state index contributed by atoms with van der Waals surface area (Å²) in [4.78, 5) is 14.9. The lowest BCUT2D eigenvalue weighted by atomic mass is 10.0. The third-order valence-corrected chi connectivity index (χ3v) is 4.94. The maximum atomic E-state index is 12.5. The predicted octanol–water partition coefficient (Wildman–Crippen LogP) is 2.61. The number of nitrogens with one attached hydrogen (secondary N) is 1. The minimum absolute atomic E-state index is 0.107. The highest BCUT2D eigenvalue weighted by molar-refractivity contribution is 6.30. The van der Waals surface area contributed by atoms with Crippen LogP contribution in [-0.4, -0.2) is 59.5 Å². The van der Waals surface area contributed by atoms with Gasteiger partial charge in [-0.15, -0.1) is 0 Å². The molecule has 0 bridgehead atoms. The van der Waals surface area contributed by atoms with Crippen LogP contribution in [0.15, 0.2) is 36.7 Å². The zero-order valence-electron chi connectivity index (χ0n) is 15.2. The molecule has 26 heavy (non-hydrogen) atoms. The number of hydrogen-bond donors (Lipinski definition) is 1. The van der Waals surface area contributed by atoms with E-state index in [1.54, 1.807) is 29.2 Å². The van der Waals surface area contributed by atoms with Crippen LogP contribution in [0.1, 0.15) is 24.2 Å². The van der Waals surface area contributed by atoms with Crippen LogP contribution in [0.4, 0.5) is 0 Å². The molecule has 1 aromatic heterocycles. The number of benzene rings is 1. The van der Waals surface area contributed by atoms with Crippen LogP contribution < -0.4 is 5.32 Å². The number of carbonyl (C=O) groups excluding carboxylic acids is 1. The lowest BCUT2D eigenvalue weighted by Gasteiger charge is -2.36. The normalized spacial score (nSPS) is 16.6. The van der Waals surface area contributed by atoms with Crippen LogP contribution in [-0.2, 0) is 4.74 Å². The van der Waals surface area contributed by atoms with Crippen molar-refractivity contribution in [1.82, 2.24) is 20.0 Å². The van der Waals surface area contributed by atoms with Gasteiger partial charge in [0.05, 0.1) is 30.7 Å². The number of morpholine rings is 1. The zero-order chi connectivity index (χ0) is 18.5. The van der Waals surface area contributed by atoms with Crippen LogP contribution in [0.5, 0.6) is 0 Å². The van der Waals surface area contributed by atoms with E-state index in [1.807, 2.05) is 12.1 Å². The first-order chi connectivity index (χ1) is 12.5. The molecule has 1 saturated heterocycles. The van der Waals surface area contributed by atoms with Crippen molar-refractivity contribution in [1.29, 1.82) is 0 Å². The molecule has 6 nitrogen and oxygen atoms in total. The van der Waals surface area contributed by atoms with Crippen molar-refractivity contribution in [2.45, 2.75) is 19.9 Å². The number of carbonyl (C=O) groups is 1. The Labute approximate surface area is 159 Å². The molecule has 1 N–H and O–H groups in total. The average Bonchev–Trinajstić information content (AvgIpc) is 3.13. The summed E-state index contributed by atoms with van der Waals surface area (Å²) in [5.74, 6) is 0.342. The summed E-state index contributed by atoms with van der Waals surface area (Å²) in [6.45, 7) is 8.31. The Morgan fingerprint density at radius 3 is 2.62 bits per heavy atom. The second kappa shape index (κ2) is 8.66. The quantitative estimate of drug-likeness (QED) is 0.841. The molecular weight excluding hydrogens is 352 g/mol. The van der Waals surface area contributed by atoms with E-state index in [1.165, 1.54) is 0 Å². The van der Waals surface area contributed by atoms with Crippen molar-refractivity contribution in [3.8, 4) is 5.69 Å². The molecule has 1 amide bonds. The molecule has 0 saturated carbocycles. The van der Waals surface area contributed by atoms with Gasteiger partial charge in [0, 0.05) is 36.9 Å². The van der Waals surface area contributed by atoms with Crippen LogP contribution in [0.3, 0.4) is 0 Å². The molecular formula is C19H25ClN4O2. The second-order valence-electron chi connectivity index (χ2n) is 6.82. The highest BCUT2D eigenvalue weighted by Gasteiger charge is 2.24. The van der Waals surface area contributed by atoms with E-state index in [4.69, 9.17) is 16.3 Å². The molecule has 1 unspecified atom stereocenters. The standard InChI is InChI=1S/C19H25ClN4O2/c1-14(2)18(23-7-9-26-10-8-23)12-21-19(25)15-11-22-24(13-15)17-5-3-16(20)4-6-17/h3-6,11,13-14,18H,7-10,12H2,1-2H3,(H,21,25). The van der Waals surface area contributed by atoms with E-state index in [2.05, 4.69) is 29.2 Å². The van der Waals surface area contributed by atoms with Crippen LogP contribution in [0, 0.1) is 5.92 Å². The van der Waals surface area contributed by atoms with Gasteiger partial charge in [-0.05, 0) is 30.2 Å². The first-order valence-electron chi connectivity index (χ1n) is 8.95. The van der Waals surface area contributed by atoms with Crippen molar-refractivity contribution in [3.05, 3.63) is 47.2 Å². The van der Waals surface area contributed by atoms with E-state index in [0.29, 0.717) is 29.1 Å². The Hall–Kier alpha value is -1.89. The van der Waals surface area contributed by atoms with Gasteiger partial charge in [-0.3, -0.25) is 9.69 Å². The maximum Gasteiger partial charge on any atom is 0.254 e. The Morgan fingerprint density at radius 1 is 1.27 bits per heavy atom. The molecule has 0 spiro atoms. The Bertz CT molecular complexity index is 723. The topological polar surface area (TPSA) is 59.4 Å². The first-order valence-corrected chi connectivity index (χ1v) is 9.33. The molecule has 1 aliphatic rings. The van der Waals surface area contributed by atoms with Gasteiger partial charge in [0.1, 0.15) is 0 Å². The predicted molar refractivity (Wildman–Crippen MR) is 102 cm³/mol. The molecule has 1 aliphatic heterocycles. The van der Waals surface area contributed by atoms with Gasteiger partial charge in [0.2, 0.25) is 0 Å². The largest absolute Gasteiger partial charge is 0.379 e. The van der Waals surface area contributed by atoms with Crippen molar-refractivity contribution < 1.29 is 9.53 Å². The molecule has 3 rings (SSSR count). The lowest BCUT2D eigenvalue weighted by molar-refractivity contribution is 0.00673. The highest BCUT2D eigenvalue weighted by Crippen LogP contribution is 2.14. The van der Waals surface area contributed by atoms with E-state index in [9.17, 15) is 4.79 Å². The molecule has 0 radical (unpaired) electrons. The number of halogens is 1. The smallest absolute Gasteiger partial charge is 0.254 e. The van der Waals surface area contributed by atoms with Gasteiger partial charge in [0.15, 0.2) is 0 Å². The fourth-order valence-electron chi connectivity index (χ4n) is 3.17. The number of amides is 1. The number of hydrogen-bond acceptors (Lipinski definition) is 4. The number of rotatable bonds is 6. The zero-order valence-corrected chi connectivity index (χ0v) is 15.9. The van der Waals surface area contributed by atoms with Gasteiger partial charge < -0.3 is 10.1 Å². The molecule has 2 aromatic rings. The summed E-state index contributed by atoms with van der Waals surface area (Å²) in [7, 11) is 0. The van der Waals surface area contributed by atoms with Crippen LogP contribution in [0.2, 0.25) is 5.02 Å². The third-order valence-electron chi connectivity index (χ3n) is 4.69. The minimum atomic E-state index is -0.107. The molecule has 140 valence electrons. The van der Waals surface area contributed by atoms with E-state index in [-0.39, 0.29) is 5.91 Å². The van der Waals surface area contributed by atoms with E-state index in [0.717, 1.165) is 32.0 Å². The van der Waals surface area contributed by atoms with Gasteiger partial charge in [0.25, 0.3) is 5.91 Å². The summed E-state index contributed by atoms with van der Waals surface area (Å²) in [5, 5.41) is 8.00. The number of aromatic nitrogens is 2. The van der Waals surface area contributed by atoms with Gasteiger partial charge in [-0.1, -0.05) is 25.4 Å². The lowest BCUT2D eigenvalue weighted by Crippen LogP contribution is -2.51. The highest BCUT2D eigenvalue weighted by atomic mass is 35.5. The summed E-state index contributed by atoms with van der Waals surface area (Å²) in [6.07, 6.45) is 3.32. The van der Waals surface area contributed by atoms with Crippen molar-refractivity contribution in [2.75, 3.05) is 32.8 Å². The number of ether oxygens (including phenoxy) is 1. The monoisotopic (exact) mass is 376 g/mol. The van der Waals surface area contributed by atoms with Crippen molar-refractivity contribution >= 4 is 17.5 Å². The van der Waals surface area contributed by atoms with Crippen molar-refractivity contribution in [2.24, 2.45) is 5.92 Å². The average molecular weight is 377 g/mol. The van der Waals surface area contributed by atoms with Gasteiger partial charge in [-0.2, -0.15) is 5.10 Å². The molecule has 1 aromatic carbocycles. The fraction of sp³-hybridized carbons (Fsp3) is 0.474. The molecule has 7 heteroatoms.